The summed E-state index contributed by atoms with van der Waals surface area (Å²) in [5, 5.41) is 10.8. The van der Waals surface area contributed by atoms with Crippen LogP contribution in [0.1, 0.15) is 67.5 Å². The first-order valence-corrected chi connectivity index (χ1v) is 36.4. The van der Waals surface area contributed by atoms with Crippen LogP contribution in [0.2, 0.25) is 0 Å². The summed E-state index contributed by atoms with van der Waals surface area (Å²) in [7, 11) is 0. The Balaban J connectivity index is 0.000000125. The van der Waals surface area contributed by atoms with E-state index in [0.717, 1.165) is 0 Å². The summed E-state index contributed by atoms with van der Waals surface area (Å²) >= 11 is 2.92. The molecule has 0 fully saturated rings. The Morgan fingerprint density at radius 3 is 0.667 bits per heavy atom. The molecule has 0 spiro atoms. The number of allylic oxidation sites excluding steroid dienone is 8. The molecule has 18 rings (SSSR count). The third-order valence-electron chi connectivity index (χ3n) is 17.7. The van der Waals surface area contributed by atoms with Crippen LogP contribution in [0, 0.1) is 12.2 Å². The van der Waals surface area contributed by atoms with Crippen molar-refractivity contribution < 1.29 is 73.3 Å². The van der Waals surface area contributed by atoms with Gasteiger partial charge in [0, 0.05) is 0 Å². The first-order valence-electron chi connectivity index (χ1n) is 34.0. The smallest absolute Gasteiger partial charge is 0.0771 e. The van der Waals surface area contributed by atoms with Gasteiger partial charge in [0.1, 0.15) is 0 Å². The van der Waals surface area contributed by atoms with Crippen LogP contribution < -0.4 is 24.8 Å². The van der Waals surface area contributed by atoms with Crippen LogP contribution in [0.3, 0.4) is 0 Å². The summed E-state index contributed by atoms with van der Waals surface area (Å²) in [6.07, 6.45) is 12.0. The van der Waals surface area contributed by atoms with Crippen LogP contribution in [0.15, 0.2) is 425 Å². The van der Waals surface area contributed by atoms with Crippen molar-refractivity contribution in [1.82, 2.24) is 0 Å². The summed E-state index contributed by atoms with van der Waals surface area (Å²) in [4.78, 5) is 0. The van der Waals surface area contributed by atoms with Crippen molar-refractivity contribution in [2.45, 2.75) is 11.8 Å². The van der Waals surface area contributed by atoms with Crippen LogP contribution in [-0.2, 0) is 48.5 Å². The maximum absolute atomic E-state index is 3.70. The quantitative estimate of drug-likeness (QED) is 0.120. The van der Waals surface area contributed by atoms with Gasteiger partial charge in [-0.1, -0.05) is 253 Å². The van der Waals surface area contributed by atoms with Crippen LogP contribution in [0.4, 0.5) is 0 Å². The van der Waals surface area contributed by atoms with E-state index < -0.39 is 0 Å². The van der Waals surface area contributed by atoms with E-state index in [1.807, 2.05) is 0 Å². The molecular weight excluding hydrogens is 1430 g/mol. The van der Waals surface area contributed by atoms with Crippen LogP contribution >= 0.6 is 0 Å². The molecule has 0 bridgehead atoms. The minimum absolute atomic E-state index is 0. The van der Waals surface area contributed by atoms with Gasteiger partial charge >= 0.3 is 198 Å². The van der Waals surface area contributed by atoms with Crippen LogP contribution in [-0.4, -0.2) is 6.41 Å². The minimum atomic E-state index is 0. The Kier molecular flexibility index (Phi) is 26.9. The van der Waals surface area contributed by atoms with Gasteiger partial charge in [0.15, 0.2) is 0 Å². The SMILES string of the molecule is [C-]1=C(c2ccccc2)C(c2ccccc2)=CC1c1ccccc1.[C-]1=C(c2ccccc2)C(c2ccccc2)=CC1c1ccccc1.[Cl-].[Cl-].[Zr+2]=[C](c1ccccc1)c1ccccc1.[Zr+2]=[C](c1ccccc1)c1ccccc1.c1ccc2c(c1)[cH-]c1ccccc12.c1ccc2c(c1)[cH-]c1ccccc12. The monoisotopic (exact) mass is 1500 g/mol. The molecule has 2 unspecified atom stereocenters. The zero-order valence-electron chi connectivity index (χ0n) is 56.3. The molecule has 4 heteroatoms. The van der Waals surface area contributed by atoms with Gasteiger partial charge in [0.05, 0.1) is 0 Å². The molecule has 0 amide bonds. The van der Waals surface area contributed by atoms with E-state index in [1.54, 1.807) is 0 Å². The number of hydrogen-bond acceptors (Lipinski definition) is 0. The number of hydrogen-bond donors (Lipinski definition) is 0. The van der Waals surface area contributed by atoms with Gasteiger partial charge in [0.2, 0.25) is 0 Å². The molecule has 102 heavy (non-hydrogen) atoms. The van der Waals surface area contributed by atoms with Crippen molar-refractivity contribution in [3.8, 4) is 0 Å². The molecule has 0 nitrogen and oxygen atoms in total. The van der Waals surface area contributed by atoms with E-state index in [9.17, 15) is 0 Å². The maximum atomic E-state index is 3.70. The van der Waals surface area contributed by atoms with Crippen LogP contribution in [0.5, 0.6) is 0 Å². The van der Waals surface area contributed by atoms with Crippen molar-refractivity contribution in [1.29, 1.82) is 0 Å². The fourth-order valence-electron chi connectivity index (χ4n) is 12.7. The van der Waals surface area contributed by atoms with E-state index in [-0.39, 0.29) is 36.6 Å². The normalized spacial score (nSPS) is 13.1. The average Bonchev–Trinajstić information content (AvgIpc) is 1.67. The molecular formula is C98H72Cl2Zr2-2. The van der Waals surface area contributed by atoms with E-state index in [1.165, 1.54) is 176 Å². The fraction of sp³-hybridized carbons (Fsp3) is 0.0204. The van der Waals surface area contributed by atoms with Crippen molar-refractivity contribution in [3.63, 3.8) is 0 Å². The van der Waals surface area contributed by atoms with Gasteiger partial charge < -0.3 is 24.8 Å². The Morgan fingerprint density at radius 1 is 0.225 bits per heavy atom. The Morgan fingerprint density at radius 2 is 0.422 bits per heavy atom. The van der Waals surface area contributed by atoms with E-state index >= 15 is 0 Å². The minimum Gasteiger partial charge on any atom is -0.126 e. The van der Waals surface area contributed by atoms with Gasteiger partial charge in [-0.3, -0.25) is 0 Å². The first kappa shape index (κ1) is 73.1. The van der Waals surface area contributed by atoms with Gasteiger partial charge in [-0.25, -0.2) is 0 Å². The van der Waals surface area contributed by atoms with Crippen LogP contribution in [0.25, 0.3) is 65.4 Å². The molecule has 0 radical (unpaired) electrons. The third kappa shape index (κ3) is 18.9. The Bertz CT molecular complexity index is 4760. The van der Waals surface area contributed by atoms with Crippen molar-refractivity contribution in [3.05, 3.63) is 492 Å². The molecule has 0 aromatic heterocycles. The molecule has 0 heterocycles. The molecule has 488 valence electrons. The maximum Gasteiger partial charge on any atom is -0.0771 e. The number of fused-ring (bicyclic) bond motifs is 6. The molecule has 2 atom stereocenters. The molecule has 0 saturated carbocycles. The topological polar surface area (TPSA) is 0 Å². The fourth-order valence-corrected chi connectivity index (χ4v) is 14.3. The molecule has 16 aromatic carbocycles. The number of benzene rings is 14. The van der Waals surface area contributed by atoms with E-state index in [2.05, 4.69) is 437 Å². The second-order valence-corrected chi connectivity index (χ2v) is 26.7. The number of rotatable bonds is 10. The summed E-state index contributed by atoms with van der Waals surface area (Å²) in [6.45, 7) is 0. The largest absolute Gasteiger partial charge is 0.126 e. The zero-order chi connectivity index (χ0) is 67.9. The van der Waals surface area contributed by atoms with Crippen molar-refractivity contribution in [2.24, 2.45) is 0 Å². The van der Waals surface area contributed by atoms with Gasteiger partial charge in [-0.15, -0.1) is 138 Å². The summed E-state index contributed by atoms with van der Waals surface area (Å²) in [6, 6.07) is 144. The number of halogens is 2. The molecule has 0 N–H and O–H groups in total. The molecule has 2 aliphatic carbocycles. The Labute approximate surface area is 643 Å². The molecule has 16 aromatic rings. The predicted octanol–water partition coefficient (Wildman–Crippen LogP) is 18.5. The van der Waals surface area contributed by atoms with E-state index in [0.29, 0.717) is 0 Å². The average molecular weight is 1500 g/mol. The second-order valence-electron chi connectivity index (χ2n) is 24.3. The summed E-state index contributed by atoms with van der Waals surface area (Å²) < 4.78 is 2.83. The standard InChI is InChI=1S/2C23H17.2C13H9.2C13H10.2ClH.2Zr/c2*1-4-10-18(11-5-1)21-16-22(19-12-6-2-7-13-19)23(17-21)20-14-8-3-9-15-20;2*1-3-7-12-10(5-1)9-11-6-2-4-8-13(11)12;2*1-3-7-12(8-4-1)11-13-9-5-2-6-10-13;;;;/h2*1-16,21H;2*1-9H;2*1-10H;2*1H;;/q4*-1;;;;;2*+2/p-2. The summed E-state index contributed by atoms with van der Waals surface area (Å²) in [5.41, 5.74) is 17.8. The molecule has 0 aliphatic heterocycles. The third-order valence-corrected chi connectivity index (χ3v) is 20.6. The Hall–Kier alpha value is -10.1. The van der Waals surface area contributed by atoms with Gasteiger partial charge in [0.25, 0.3) is 0 Å². The van der Waals surface area contributed by atoms with Gasteiger partial charge in [-0.05, 0) is 11.8 Å². The van der Waals surface area contributed by atoms with Crippen molar-refractivity contribution in [2.75, 3.05) is 0 Å². The zero-order valence-corrected chi connectivity index (χ0v) is 62.8. The van der Waals surface area contributed by atoms with Crippen molar-refractivity contribution >= 4 is 71.8 Å². The predicted molar refractivity (Wildman–Crippen MR) is 420 cm³/mol. The van der Waals surface area contributed by atoms with Gasteiger partial charge in [-0.2, -0.15) is 23.3 Å². The summed E-state index contributed by atoms with van der Waals surface area (Å²) in [5.74, 6) is 0.420. The first-order chi connectivity index (χ1) is 49.5. The molecule has 0 saturated heterocycles. The second kappa shape index (κ2) is 37.5. The molecule has 2 aliphatic rings. The van der Waals surface area contributed by atoms with E-state index in [4.69, 9.17) is 0 Å².